The zero-order chi connectivity index (χ0) is 19.5. The summed E-state index contributed by atoms with van der Waals surface area (Å²) in [6.07, 6.45) is 0.924. The van der Waals surface area contributed by atoms with E-state index in [9.17, 15) is 4.79 Å². The molecular weight excluding hydrogens is 350 g/mol. The van der Waals surface area contributed by atoms with Crippen LogP contribution in [0.15, 0.2) is 54.6 Å². The van der Waals surface area contributed by atoms with Crippen LogP contribution in [-0.2, 0) is 0 Å². The minimum absolute atomic E-state index is 0.135. The number of rotatable bonds is 4. The third-order valence-corrected chi connectivity index (χ3v) is 4.93. The first-order chi connectivity index (χ1) is 13.6. The van der Waals surface area contributed by atoms with E-state index in [0.29, 0.717) is 11.3 Å². The number of aryl methyl sites for hydroxylation is 1. The molecule has 6 heteroatoms. The summed E-state index contributed by atoms with van der Waals surface area (Å²) in [6.45, 7) is 3.74. The molecule has 2 heterocycles. The predicted octanol–water partition coefficient (Wildman–Crippen LogP) is 2.81. The van der Waals surface area contributed by atoms with Crippen molar-refractivity contribution in [2.24, 2.45) is 0 Å². The molecule has 4 rings (SSSR count). The predicted molar refractivity (Wildman–Crippen MR) is 107 cm³/mol. The molecule has 0 aliphatic carbocycles. The maximum Gasteiger partial charge on any atom is 0.272 e. The van der Waals surface area contributed by atoms with Crippen LogP contribution >= 0.6 is 0 Å². The lowest BCUT2D eigenvalue weighted by molar-refractivity contribution is 0.0934. The Hall–Kier alpha value is -3.43. The molecule has 1 aliphatic rings. The Labute approximate surface area is 163 Å². The highest BCUT2D eigenvalue weighted by Gasteiger charge is 2.21. The highest BCUT2D eigenvalue weighted by atomic mass is 16.2. The summed E-state index contributed by atoms with van der Waals surface area (Å²) in [5, 5.41) is 19.9. The molecule has 0 unspecified atom stereocenters. The number of amides is 1. The smallest absolute Gasteiger partial charge is 0.272 e. The zero-order valence-electron chi connectivity index (χ0n) is 15.6. The van der Waals surface area contributed by atoms with Gasteiger partial charge in [0.25, 0.3) is 5.91 Å². The molecule has 2 N–H and O–H groups in total. The Bertz CT molecular complexity index is 1020. The van der Waals surface area contributed by atoms with E-state index in [0.717, 1.165) is 36.5 Å². The fraction of sp³-hybridized carbons (Fsp3) is 0.227. The third kappa shape index (κ3) is 3.66. The average Bonchev–Trinajstić information content (AvgIpc) is 3.39. The molecule has 1 fully saturated rings. The molecule has 0 saturated carbocycles. The van der Waals surface area contributed by atoms with Gasteiger partial charge in [0.15, 0.2) is 5.69 Å². The minimum Gasteiger partial charge on any atom is -0.347 e. The Kier molecular flexibility index (Phi) is 4.92. The van der Waals surface area contributed by atoms with Gasteiger partial charge in [0, 0.05) is 18.2 Å². The number of benzene rings is 2. The fourth-order valence-corrected chi connectivity index (χ4v) is 3.33. The van der Waals surface area contributed by atoms with Crippen molar-refractivity contribution in [2.75, 3.05) is 13.1 Å². The van der Waals surface area contributed by atoms with Crippen LogP contribution in [0.25, 0.3) is 16.9 Å². The maximum atomic E-state index is 12.7. The monoisotopic (exact) mass is 371 g/mol. The molecule has 1 aromatic heterocycles. The molecule has 28 heavy (non-hydrogen) atoms. The fourth-order valence-electron chi connectivity index (χ4n) is 3.33. The van der Waals surface area contributed by atoms with Gasteiger partial charge >= 0.3 is 0 Å². The standard InChI is InChI=1S/C22H21N5O/c1-15-2-6-17(7-3-15)21-12-20(22(28)25-18-10-11-24-14-18)26-27(21)19-8-4-16(13-23)5-9-19/h2-9,12,18,24H,10-11,14H2,1H3,(H,25,28)/t18-/m1/s1. The van der Waals surface area contributed by atoms with Crippen molar-refractivity contribution < 1.29 is 4.79 Å². The summed E-state index contributed by atoms with van der Waals surface area (Å²) in [5.74, 6) is -0.172. The lowest BCUT2D eigenvalue weighted by Gasteiger charge is -2.09. The number of nitriles is 1. The molecule has 1 saturated heterocycles. The molecule has 0 bridgehead atoms. The summed E-state index contributed by atoms with van der Waals surface area (Å²) in [4.78, 5) is 12.7. The van der Waals surface area contributed by atoms with Gasteiger partial charge in [-0.1, -0.05) is 29.8 Å². The van der Waals surface area contributed by atoms with Crippen molar-refractivity contribution >= 4 is 5.91 Å². The number of hydrogen-bond acceptors (Lipinski definition) is 4. The topological polar surface area (TPSA) is 82.7 Å². The molecule has 6 nitrogen and oxygen atoms in total. The first kappa shape index (κ1) is 18.0. The summed E-state index contributed by atoms with van der Waals surface area (Å²) >= 11 is 0. The van der Waals surface area contributed by atoms with Gasteiger partial charge in [0.2, 0.25) is 0 Å². The summed E-state index contributed by atoms with van der Waals surface area (Å²) in [5.41, 5.74) is 4.74. The highest BCUT2D eigenvalue weighted by molar-refractivity contribution is 5.93. The van der Waals surface area contributed by atoms with E-state index in [2.05, 4.69) is 21.8 Å². The molecule has 1 atom stereocenters. The van der Waals surface area contributed by atoms with Crippen LogP contribution < -0.4 is 10.6 Å². The highest BCUT2D eigenvalue weighted by Crippen LogP contribution is 2.25. The number of aromatic nitrogens is 2. The molecule has 0 radical (unpaired) electrons. The van der Waals surface area contributed by atoms with Crippen molar-refractivity contribution in [3.8, 4) is 23.0 Å². The van der Waals surface area contributed by atoms with Crippen molar-refractivity contribution in [1.82, 2.24) is 20.4 Å². The lowest BCUT2D eigenvalue weighted by Crippen LogP contribution is -2.36. The number of nitrogens with zero attached hydrogens (tertiary/aromatic N) is 3. The SMILES string of the molecule is Cc1ccc(-c2cc(C(=O)N[C@@H]3CCNC3)nn2-c2ccc(C#N)cc2)cc1. The van der Waals surface area contributed by atoms with Gasteiger partial charge in [-0.05, 0) is 50.2 Å². The van der Waals surface area contributed by atoms with Crippen molar-refractivity contribution in [3.63, 3.8) is 0 Å². The van der Waals surface area contributed by atoms with Gasteiger partial charge in [-0.2, -0.15) is 10.4 Å². The van der Waals surface area contributed by atoms with Gasteiger partial charge in [0.05, 0.1) is 23.0 Å². The Balaban J connectivity index is 1.73. The molecule has 140 valence electrons. The van der Waals surface area contributed by atoms with E-state index < -0.39 is 0 Å². The van der Waals surface area contributed by atoms with E-state index in [4.69, 9.17) is 5.26 Å². The summed E-state index contributed by atoms with van der Waals surface area (Å²) in [6, 6.07) is 19.4. The second-order valence-electron chi connectivity index (χ2n) is 7.01. The van der Waals surface area contributed by atoms with Gasteiger partial charge < -0.3 is 10.6 Å². The number of carbonyl (C=O) groups excluding carboxylic acids is 1. The van der Waals surface area contributed by atoms with Crippen molar-refractivity contribution in [3.05, 3.63) is 71.4 Å². The van der Waals surface area contributed by atoms with Crippen LogP contribution in [0.1, 0.15) is 28.0 Å². The van der Waals surface area contributed by atoms with Crippen LogP contribution in [0.2, 0.25) is 0 Å². The normalized spacial score (nSPS) is 15.9. The van der Waals surface area contributed by atoms with Gasteiger partial charge in [-0.15, -0.1) is 0 Å². The first-order valence-electron chi connectivity index (χ1n) is 9.33. The Morgan fingerprint density at radius 3 is 2.61 bits per heavy atom. The molecular formula is C22H21N5O. The van der Waals surface area contributed by atoms with E-state index in [1.54, 1.807) is 16.8 Å². The van der Waals surface area contributed by atoms with E-state index in [1.165, 1.54) is 5.56 Å². The second kappa shape index (κ2) is 7.67. The first-order valence-corrected chi connectivity index (χ1v) is 9.33. The third-order valence-electron chi connectivity index (χ3n) is 4.93. The summed E-state index contributed by atoms with van der Waals surface area (Å²) in [7, 11) is 0. The zero-order valence-corrected chi connectivity index (χ0v) is 15.6. The number of carbonyl (C=O) groups is 1. The summed E-state index contributed by atoms with van der Waals surface area (Å²) < 4.78 is 1.76. The van der Waals surface area contributed by atoms with Crippen LogP contribution in [-0.4, -0.2) is 34.8 Å². The van der Waals surface area contributed by atoms with E-state index in [-0.39, 0.29) is 11.9 Å². The van der Waals surface area contributed by atoms with Crippen LogP contribution in [0, 0.1) is 18.3 Å². The molecule has 2 aromatic carbocycles. The number of hydrogen-bond donors (Lipinski definition) is 2. The second-order valence-corrected chi connectivity index (χ2v) is 7.01. The van der Waals surface area contributed by atoms with E-state index >= 15 is 0 Å². The van der Waals surface area contributed by atoms with Crippen molar-refractivity contribution in [1.29, 1.82) is 5.26 Å². The Morgan fingerprint density at radius 1 is 1.21 bits per heavy atom. The largest absolute Gasteiger partial charge is 0.347 e. The molecule has 1 amide bonds. The maximum absolute atomic E-state index is 12.7. The quantitative estimate of drug-likeness (QED) is 0.739. The van der Waals surface area contributed by atoms with Crippen LogP contribution in [0.5, 0.6) is 0 Å². The Morgan fingerprint density at radius 2 is 1.96 bits per heavy atom. The number of nitrogens with one attached hydrogen (secondary N) is 2. The minimum atomic E-state index is -0.172. The molecule has 3 aromatic rings. The van der Waals surface area contributed by atoms with Crippen molar-refractivity contribution in [2.45, 2.75) is 19.4 Å². The van der Waals surface area contributed by atoms with Crippen LogP contribution in [0.4, 0.5) is 0 Å². The van der Waals surface area contributed by atoms with Crippen LogP contribution in [0.3, 0.4) is 0 Å². The lowest BCUT2D eigenvalue weighted by atomic mass is 10.1. The van der Waals surface area contributed by atoms with E-state index in [1.807, 2.05) is 49.4 Å². The molecule has 0 spiro atoms. The van der Waals surface area contributed by atoms with Gasteiger partial charge in [-0.25, -0.2) is 4.68 Å². The van der Waals surface area contributed by atoms with Gasteiger partial charge in [0.1, 0.15) is 0 Å². The van der Waals surface area contributed by atoms with Gasteiger partial charge in [-0.3, -0.25) is 4.79 Å². The molecule has 1 aliphatic heterocycles. The average molecular weight is 371 g/mol.